The van der Waals surface area contributed by atoms with Gasteiger partial charge in [0.2, 0.25) is 0 Å². The van der Waals surface area contributed by atoms with Crippen molar-refractivity contribution >= 4 is 11.8 Å². The number of benzene rings is 2. The number of carbonyl (C=O) groups excluding carboxylic acids is 2. The van der Waals surface area contributed by atoms with Crippen molar-refractivity contribution < 1.29 is 18.4 Å². The third-order valence-corrected chi connectivity index (χ3v) is 7.14. The van der Waals surface area contributed by atoms with Gasteiger partial charge in [0.15, 0.2) is 0 Å². The Labute approximate surface area is 200 Å². The molecule has 2 aliphatic rings. The average molecular weight is 470 g/mol. The van der Waals surface area contributed by atoms with Crippen molar-refractivity contribution in [2.45, 2.75) is 45.2 Å². The van der Waals surface area contributed by atoms with E-state index in [1.54, 1.807) is 24.3 Å². The van der Waals surface area contributed by atoms with Crippen LogP contribution in [0.3, 0.4) is 0 Å². The van der Waals surface area contributed by atoms with Gasteiger partial charge in [-0.2, -0.15) is 0 Å². The number of carbonyl (C=O) groups is 2. The summed E-state index contributed by atoms with van der Waals surface area (Å²) in [5.41, 5.74) is 0.769. The van der Waals surface area contributed by atoms with E-state index in [-0.39, 0.29) is 23.9 Å². The largest absolute Gasteiger partial charge is 0.339 e. The lowest BCUT2D eigenvalue weighted by Gasteiger charge is -2.41. The van der Waals surface area contributed by atoms with Gasteiger partial charge in [-0.1, -0.05) is 13.0 Å². The number of hydrogen-bond donors (Lipinski definition) is 0. The van der Waals surface area contributed by atoms with Crippen LogP contribution in [0.5, 0.6) is 0 Å². The summed E-state index contributed by atoms with van der Waals surface area (Å²) in [5, 5.41) is 0. The maximum atomic E-state index is 13.9. The van der Waals surface area contributed by atoms with Gasteiger partial charge in [-0.3, -0.25) is 14.5 Å². The van der Waals surface area contributed by atoms with Crippen LogP contribution >= 0.6 is 0 Å². The molecule has 0 spiro atoms. The first-order valence-corrected chi connectivity index (χ1v) is 12.1. The molecular weight excluding hydrogens is 436 g/mol. The summed E-state index contributed by atoms with van der Waals surface area (Å²) in [4.78, 5) is 31.5. The fourth-order valence-corrected chi connectivity index (χ4v) is 5.14. The minimum Gasteiger partial charge on any atom is -0.339 e. The molecule has 0 N–H and O–H groups in total. The number of rotatable bonds is 5. The molecule has 2 heterocycles. The number of nitrogens with zero attached hydrogens (tertiary/aromatic N) is 3. The molecule has 0 aliphatic carbocycles. The van der Waals surface area contributed by atoms with E-state index < -0.39 is 11.6 Å². The summed E-state index contributed by atoms with van der Waals surface area (Å²) in [5.74, 6) is -0.998. The van der Waals surface area contributed by atoms with E-state index in [1.165, 1.54) is 43.0 Å². The fourth-order valence-electron chi connectivity index (χ4n) is 5.14. The van der Waals surface area contributed by atoms with Gasteiger partial charge >= 0.3 is 0 Å². The molecule has 34 heavy (non-hydrogen) atoms. The molecule has 2 amide bonds. The van der Waals surface area contributed by atoms with E-state index in [9.17, 15) is 18.4 Å². The van der Waals surface area contributed by atoms with Crippen LogP contribution in [0.4, 0.5) is 8.78 Å². The zero-order valence-electron chi connectivity index (χ0n) is 20.0. The van der Waals surface area contributed by atoms with Crippen LogP contribution in [0, 0.1) is 17.6 Å². The molecule has 2 aromatic carbocycles. The predicted octanol–water partition coefficient (Wildman–Crippen LogP) is 4.57. The quantitative estimate of drug-likeness (QED) is 0.644. The van der Waals surface area contributed by atoms with Gasteiger partial charge in [0, 0.05) is 49.4 Å². The van der Waals surface area contributed by atoms with Crippen LogP contribution in [0.1, 0.15) is 58.9 Å². The van der Waals surface area contributed by atoms with Crippen molar-refractivity contribution in [3.63, 3.8) is 0 Å². The fraction of sp³-hybridized carbons (Fsp3) is 0.481. The highest BCUT2D eigenvalue weighted by molar-refractivity contribution is 5.97. The molecule has 1 atom stereocenters. The molecule has 2 saturated heterocycles. The lowest BCUT2D eigenvalue weighted by Crippen LogP contribution is -2.49. The Morgan fingerprint density at radius 2 is 1.56 bits per heavy atom. The maximum Gasteiger partial charge on any atom is 0.253 e. The summed E-state index contributed by atoms with van der Waals surface area (Å²) in [7, 11) is 1.50. The Morgan fingerprint density at radius 3 is 2.18 bits per heavy atom. The summed E-state index contributed by atoms with van der Waals surface area (Å²) >= 11 is 0. The molecule has 5 nitrogen and oxygen atoms in total. The molecule has 2 aromatic rings. The topological polar surface area (TPSA) is 43.9 Å². The molecular formula is C27H33F2N3O2. The van der Waals surface area contributed by atoms with Gasteiger partial charge in [-0.05, 0) is 74.5 Å². The molecule has 0 saturated carbocycles. The van der Waals surface area contributed by atoms with Gasteiger partial charge in [-0.15, -0.1) is 0 Å². The Kier molecular flexibility index (Phi) is 7.61. The van der Waals surface area contributed by atoms with Crippen molar-refractivity contribution in [2.24, 2.45) is 5.92 Å². The molecule has 182 valence electrons. The van der Waals surface area contributed by atoms with Crippen molar-refractivity contribution in [3.05, 3.63) is 70.8 Å². The molecule has 0 unspecified atom stereocenters. The van der Waals surface area contributed by atoms with E-state index >= 15 is 0 Å². The van der Waals surface area contributed by atoms with Crippen LogP contribution in [-0.2, 0) is 6.54 Å². The van der Waals surface area contributed by atoms with Crippen LogP contribution in [-0.4, -0.2) is 65.8 Å². The molecule has 7 heteroatoms. The van der Waals surface area contributed by atoms with Crippen LogP contribution in [0.25, 0.3) is 0 Å². The highest BCUT2D eigenvalue weighted by Crippen LogP contribution is 2.24. The second-order valence-corrected chi connectivity index (χ2v) is 9.70. The molecule has 0 radical (unpaired) electrons. The van der Waals surface area contributed by atoms with Crippen molar-refractivity contribution in [2.75, 3.05) is 33.2 Å². The van der Waals surface area contributed by atoms with Gasteiger partial charge in [0.1, 0.15) is 11.6 Å². The van der Waals surface area contributed by atoms with Crippen molar-refractivity contribution in [3.8, 4) is 0 Å². The van der Waals surface area contributed by atoms with Crippen LogP contribution in [0.15, 0.2) is 42.5 Å². The van der Waals surface area contributed by atoms with E-state index in [1.807, 2.05) is 4.90 Å². The highest BCUT2D eigenvalue weighted by atomic mass is 19.1. The average Bonchev–Trinajstić information content (AvgIpc) is 2.85. The standard InChI is InChI=1S/C27H33F2N3O2/c1-19-5-4-14-32(17-19)22-12-15-31(16-13-22)27(34)21-10-8-20(9-11-21)26(33)30(2)18-23-24(28)6-3-7-25(23)29/h3,6-11,19,22H,4-5,12-18H2,1-2H3/t19-/m1/s1. The zero-order chi connectivity index (χ0) is 24.2. The Hall–Kier alpha value is -2.80. The first-order valence-electron chi connectivity index (χ1n) is 12.1. The highest BCUT2D eigenvalue weighted by Gasteiger charge is 2.29. The number of halogens is 2. The van der Waals surface area contributed by atoms with E-state index in [0.717, 1.165) is 44.9 Å². The summed E-state index contributed by atoms with van der Waals surface area (Å²) in [6.07, 6.45) is 4.55. The molecule has 0 aromatic heterocycles. The predicted molar refractivity (Wildman–Crippen MR) is 127 cm³/mol. The lowest BCUT2D eigenvalue weighted by molar-refractivity contribution is 0.0541. The smallest absolute Gasteiger partial charge is 0.253 e. The van der Waals surface area contributed by atoms with Gasteiger partial charge in [0.25, 0.3) is 11.8 Å². The molecule has 0 bridgehead atoms. The minimum absolute atomic E-state index is 0.0220. The third-order valence-electron chi connectivity index (χ3n) is 7.14. The lowest BCUT2D eigenvalue weighted by atomic mass is 9.95. The number of piperidine rings is 2. The normalized spacial score (nSPS) is 19.8. The van der Waals surface area contributed by atoms with Gasteiger partial charge in [-0.25, -0.2) is 8.78 Å². The molecule has 4 rings (SSSR count). The van der Waals surface area contributed by atoms with Crippen LogP contribution in [0.2, 0.25) is 0 Å². The number of hydrogen-bond acceptors (Lipinski definition) is 3. The summed E-state index contributed by atoms with van der Waals surface area (Å²) in [6.45, 7) is 5.94. The third kappa shape index (κ3) is 5.46. The van der Waals surface area contributed by atoms with E-state index in [2.05, 4.69) is 11.8 Å². The Morgan fingerprint density at radius 1 is 0.941 bits per heavy atom. The molecule has 2 aliphatic heterocycles. The second kappa shape index (κ2) is 10.6. The summed E-state index contributed by atoms with van der Waals surface area (Å²) < 4.78 is 27.8. The molecule has 2 fully saturated rings. The monoisotopic (exact) mass is 469 g/mol. The van der Waals surface area contributed by atoms with Gasteiger partial charge < -0.3 is 9.80 Å². The summed E-state index contributed by atoms with van der Waals surface area (Å²) in [6, 6.07) is 10.7. The zero-order valence-corrected chi connectivity index (χ0v) is 20.0. The van der Waals surface area contributed by atoms with E-state index in [0.29, 0.717) is 17.2 Å². The first kappa shape index (κ1) is 24.3. The minimum atomic E-state index is -0.681. The maximum absolute atomic E-state index is 13.9. The number of amides is 2. The first-order chi connectivity index (χ1) is 16.3. The van der Waals surface area contributed by atoms with Gasteiger partial charge in [0.05, 0.1) is 6.54 Å². The number of likely N-dealkylation sites (tertiary alicyclic amines) is 2. The Balaban J connectivity index is 1.33. The second-order valence-electron chi connectivity index (χ2n) is 9.70. The van der Waals surface area contributed by atoms with E-state index in [4.69, 9.17) is 0 Å². The Bertz CT molecular complexity index is 999. The van der Waals surface area contributed by atoms with Crippen molar-refractivity contribution in [1.29, 1.82) is 0 Å². The SMILES string of the molecule is C[C@@H]1CCCN(C2CCN(C(=O)c3ccc(C(=O)N(C)Cc4c(F)cccc4F)cc3)CC2)C1. The van der Waals surface area contributed by atoms with Crippen LogP contribution < -0.4 is 0 Å². The van der Waals surface area contributed by atoms with Crippen molar-refractivity contribution in [1.82, 2.24) is 14.7 Å².